The van der Waals surface area contributed by atoms with E-state index >= 15 is 0 Å². The summed E-state index contributed by atoms with van der Waals surface area (Å²) in [6.45, 7) is 6.27. The first-order valence-corrected chi connectivity index (χ1v) is 4.81. The quantitative estimate of drug-likeness (QED) is 0.652. The zero-order chi connectivity index (χ0) is 10.1. The summed E-state index contributed by atoms with van der Waals surface area (Å²) >= 11 is 3.27. The molecular weight excluding hydrogens is 228 g/mol. The topological polar surface area (TPSA) is 36.7 Å². The molecule has 0 atom stereocenters. The fraction of sp³-hybridized carbons (Fsp3) is 0.400. The highest BCUT2D eigenvalue weighted by molar-refractivity contribution is 9.10. The molecule has 2 nitrogen and oxygen atoms in total. The minimum Gasteiger partial charge on any atom is -0.244 e. The van der Waals surface area contributed by atoms with Gasteiger partial charge in [0.25, 0.3) is 0 Å². The number of hydrogen-bond acceptors (Lipinski definition) is 2. The first-order chi connectivity index (χ1) is 5.95. The summed E-state index contributed by atoms with van der Waals surface area (Å²) in [7, 11) is 0. The molecule has 0 spiro atoms. The van der Waals surface area contributed by atoms with Crippen molar-refractivity contribution in [3.63, 3.8) is 0 Å². The summed E-state index contributed by atoms with van der Waals surface area (Å²) in [5.41, 5.74) is 1.59. The third-order valence-corrected chi connectivity index (χ3v) is 2.34. The molecule has 1 rings (SSSR count). The van der Waals surface area contributed by atoms with Crippen LogP contribution in [0.25, 0.3) is 0 Å². The SMILES string of the molecule is CC(C)(C)c1ccc(C#N)c(Br)n1. The van der Waals surface area contributed by atoms with E-state index < -0.39 is 0 Å². The molecule has 0 saturated carbocycles. The molecule has 0 N–H and O–H groups in total. The van der Waals surface area contributed by atoms with Gasteiger partial charge in [0.15, 0.2) is 0 Å². The van der Waals surface area contributed by atoms with Crippen LogP contribution in [0.3, 0.4) is 0 Å². The Hall–Kier alpha value is -0.880. The predicted molar refractivity (Wildman–Crippen MR) is 55.4 cm³/mol. The lowest BCUT2D eigenvalue weighted by molar-refractivity contribution is 0.567. The molecule has 1 heterocycles. The molecule has 0 bridgehead atoms. The fourth-order valence-corrected chi connectivity index (χ4v) is 1.35. The van der Waals surface area contributed by atoms with Gasteiger partial charge in [0.2, 0.25) is 0 Å². The monoisotopic (exact) mass is 238 g/mol. The average Bonchev–Trinajstić information content (AvgIpc) is 2.02. The maximum atomic E-state index is 8.69. The molecule has 1 aromatic heterocycles. The maximum absolute atomic E-state index is 8.69. The van der Waals surface area contributed by atoms with Crippen LogP contribution < -0.4 is 0 Å². The lowest BCUT2D eigenvalue weighted by Crippen LogP contribution is -2.13. The Morgan fingerprint density at radius 1 is 1.38 bits per heavy atom. The Kier molecular flexibility index (Phi) is 2.72. The van der Waals surface area contributed by atoms with Gasteiger partial charge in [-0.05, 0) is 28.1 Å². The molecule has 0 saturated heterocycles. The van der Waals surface area contributed by atoms with Crippen LogP contribution in [0.5, 0.6) is 0 Å². The van der Waals surface area contributed by atoms with Crippen LogP contribution in [0, 0.1) is 11.3 Å². The Morgan fingerprint density at radius 3 is 2.38 bits per heavy atom. The van der Waals surface area contributed by atoms with Gasteiger partial charge in [-0.1, -0.05) is 20.8 Å². The Morgan fingerprint density at radius 2 is 2.00 bits per heavy atom. The smallest absolute Gasteiger partial charge is 0.124 e. The third-order valence-electron chi connectivity index (χ3n) is 1.74. The van der Waals surface area contributed by atoms with Crippen molar-refractivity contribution in [3.8, 4) is 6.07 Å². The number of nitriles is 1. The third kappa shape index (κ3) is 2.28. The van der Waals surface area contributed by atoms with Crippen molar-refractivity contribution >= 4 is 15.9 Å². The van der Waals surface area contributed by atoms with E-state index in [1.54, 1.807) is 6.07 Å². The van der Waals surface area contributed by atoms with E-state index in [-0.39, 0.29) is 5.41 Å². The van der Waals surface area contributed by atoms with Crippen LogP contribution in [0.4, 0.5) is 0 Å². The summed E-state index contributed by atoms with van der Waals surface area (Å²) in [6, 6.07) is 5.75. The number of nitrogens with zero attached hydrogens (tertiary/aromatic N) is 2. The molecule has 13 heavy (non-hydrogen) atoms. The van der Waals surface area contributed by atoms with Crippen molar-refractivity contribution in [2.45, 2.75) is 26.2 Å². The van der Waals surface area contributed by atoms with E-state index in [0.29, 0.717) is 10.2 Å². The predicted octanol–water partition coefficient (Wildman–Crippen LogP) is 3.01. The zero-order valence-corrected chi connectivity index (χ0v) is 9.51. The van der Waals surface area contributed by atoms with Gasteiger partial charge in [0, 0.05) is 11.1 Å². The minimum atomic E-state index is 0.0243. The van der Waals surface area contributed by atoms with Crippen LogP contribution in [0.2, 0.25) is 0 Å². The van der Waals surface area contributed by atoms with Gasteiger partial charge in [0.1, 0.15) is 10.7 Å². The van der Waals surface area contributed by atoms with Crippen molar-refractivity contribution in [3.05, 3.63) is 28.0 Å². The summed E-state index contributed by atoms with van der Waals surface area (Å²) in [5, 5.41) is 8.69. The Labute approximate surface area is 86.7 Å². The van der Waals surface area contributed by atoms with Crippen molar-refractivity contribution < 1.29 is 0 Å². The number of hydrogen-bond donors (Lipinski definition) is 0. The summed E-state index contributed by atoms with van der Waals surface area (Å²) in [6.07, 6.45) is 0. The van der Waals surface area contributed by atoms with Gasteiger partial charge < -0.3 is 0 Å². The molecule has 68 valence electrons. The van der Waals surface area contributed by atoms with Gasteiger partial charge >= 0.3 is 0 Å². The summed E-state index contributed by atoms with van der Waals surface area (Å²) < 4.78 is 0.627. The van der Waals surface area contributed by atoms with Crippen molar-refractivity contribution in [2.24, 2.45) is 0 Å². The molecule has 1 aromatic rings. The normalized spacial score (nSPS) is 11.0. The second-order valence-corrected chi connectivity index (χ2v) is 4.65. The van der Waals surface area contributed by atoms with Crippen molar-refractivity contribution in [1.82, 2.24) is 4.98 Å². The van der Waals surface area contributed by atoms with Crippen LogP contribution in [-0.2, 0) is 5.41 Å². The largest absolute Gasteiger partial charge is 0.244 e. The molecule has 0 fully saturated rings. The number of pyridine rings is 1. The minimum absolute atomic E-state index is 0.0243. The second kappa shape index (κ2) is 3.47. The lowest BCUT2D eigenvalue weighted by Gasteiger charge is -2.17. The van der Waals surface area contributed by atoms with E-state index in [1.807, 2.05) is 6.07 Å². The van der Waals surface area contributed by atoms with E-state index in [4.69, 9.17) is 5.26 Å². The average molecular weight is 239 g/mol. The second-order valence-electron chi connectivity index (χ2n) is 3.90. The molecule has 3 heteroatoms. The molecule has 0 amide bonds. The molecular formula is C10H11BrN2. The van der Waals surface area contributed by atoms with Crippen LogP contribution >= 0.6 is 15.9 Å². The Balaban J connectivity index is 3.20. The highest BCUT2D eigenvalue weighted by Gasteiger charge is 2.16. The maximum Gasteiger partial charge on any atom is 0.124 e. The van der Waals surface area contributed by atoms with Crippen LogP contribution in [0.15, 0.2) is 16.7 Å². The lowest BCUT2D eigenvalue weighted by atomic mass is 9.91. The Bertz CT molecular complexity index is 358. The van der Waals surface area contributed by atoms with Crippen LogP contribution in [-0.4, -0.2) is 4.98 Å². The highest BCUT2D eigenvalue weighted by atomic mass is 79.9. The van der Waals surface area contributed by atoms with Crippen molar-refractivity contribution in [2.75, 3.05) is 0 Å². The first-order valence-electron chi connectivity index (χ1n) is 4.02. The summed E-state index contributed by atoms with van der Waals surface area (Å²) in [4.78, 5) is 4.31. The van der Waals surface area contributed by atoms with E-state index in [0.717, 1.165) is 5.69 Å². The standard InChI is InChI=1S/C10H11BrN2/c1-10(2,3)8-5-4-7(6-12)9(11)13-8/h4-5H,1-3H3. The van der Waals surface area contributed by atoms with Gasteiger partial charge in [0.05, 0.1) is 5.56 Å². The molecule has 0 unspecified atom stereocenters. The number of aromatic nitrogens is 1. The number of halogens is 1. The number of rotatable bonds is 0. The zero-order valence-electron chi connectivity index (χ0n) is 7.93. The van der Waals surface area contributed by atoms with Crippen molar-refractivity contribution in [1.29, 1.82) is 5.26 Å². The molecule has 0 aromatic carbocycles. The van der Waals surface area contributed by atoms with Gasteiger partial charge in [-0.2, -0.15) is 5.26 Å². The molecule has 0 aliphatic heterocycles. The van der Waals surface area contributed by atoms with E-state index in [1.165, 1.54) is 0 Å². The molecule has 0 aliphatic carbocycles. The van der Waals surface area contributed by atoms with Gasteiger partial charge in [-0.3, -0.25) is 0 Å². The first kappa shape index (κ1) is 10.2. The van der Waals surface area contributed by atoms with E-state index in [9.17, 15) is 0 Å². The van der Waals surface area contributed by atoms with Gasteiger partial charge in [-0.25, -0.2) is 4.98 Å². The van der Waals surface area contributed by atoms with E-state index in [2.05, 4.69) is 47.8 Å². The highest BCUT2D eigenvalue weighted by Crippen LogP contribution is 2.23. The fourth-order valence-electron chi connectivity index (χ4n) is 0.935. The molecule has 0 radical (unpaired) electrons. The van der Waals surface area contributed by atoms with Crippen LogP contribution in [0.1, 0.15) is 32.0 Å². The molecule has 0 aliphatic rings. The summed E-state index contributed by atoms with van der Waals surface area (Å²) in [5.74, 6) is 0. The van der Waals surface area contributed by atoms with Gasteiger partial charge in [-0.15, -0.1) is 0 Å².